The summed E-state index contributed by atoms with van der Waals surface area (Å²) >= 11 is 0. The van der Waals surface area contributed by atoms with E-state index in [1.54, 1.807) is 0 Å². The highest BCUT2D eigenvalue weighted by Crippen LogP contribution is 2.41. The van der Waals surface area contributed by atoms with Gasteiger partial charge in [-0.3, -0.25) is 14.4 Å². The molecule has 3 fully saturated rings. The van der Waals surface area contributed by atoms with Gasteiger partial charge in [0.25, 0.3) is 0 Å². The first-order valence-corrected chi connectivity index (χ1v) is 33.8. The molecule has 3 aliphatic heterocycles. The molecule has 8 nitrogen and oxygen atoms in total. The summed E-state index contributed by atoms with van der Waals surface area (Å²) in [5, 5.41) is 2.28. The molecule has 0 saturated carbocycles. The van der Waals surface area contributed by atoms with E-state index in [1.807, 2.05) is 64.8 Å². The van der Waals surface area contributed by atoms with Gasteiger partial charge in [-0.15, -0.1) is 0 Å². The van der Waals surface area contributed by atoms with Crippen LogP contribution in [0.4, 0.5) is 0 Å². The number of esters is 3. The molecule has 0 amide bonds. The van der Waals surface area contributed by atoms with Crippen LogP contribution in [0.2, 0.25) is 31.2 Å². The summed E-state index contributed by atoms with van der Waals surface area (Å²) in [5.41, 5.74) is 0. The second kappa shape index (κ2) is 31.1. The van der Waals surface area contributed by atoms with Gasteiger partial charge in [-0.1, -0.05) is 84.0 Å². The van der Waals surface area contributed by atoms with Crippen molar-refractivity contribution in [3.63, 3.8) is 0 Å². The molecule has 0 aliphatic carbocycles. The lowest BCUT2D eigenvalue weighted by atomic mass is 10.1. The van der Waals surface area contributed by atoms with Crippen molar-refractivity contribution in [2.45, 2.75) is 163 Å². The predicted octanol–water partition coefficient (Wildman–Crippen LogP) is 9.89. The van der Waals surface area contributed by atoms with Crippen LogP contribution >= 0.6 is 64.8 Å². The van der Waals surface area contributed by atoms with Crippen molar-refractivity contribution in [1.82, 2.24) is 0 Å². The van der Waals surface area contributed by atoms with Crippen molar-refractivity contribution >= 4 is 110 Å². The normalized spacial score (nSPS) is 21.9. The Morgan fingerprint density at radius 2 is 0.846 bits per heavy atom. The molecule has 17 heteroatoms. The lowest BCUT2D eigenvalue weighted by Crippen LogP contribution is -2.35. The van der Waals surface area contributed by atoms with E-state index in [-0.39, 0.29) is 17.9 Å². The van der Waals surface area contributed by atoms with Gasteiger partial charge < -0.3 is 22.4 Å². The lowest BCUT2D eigenvalue weighted by Gasteiger charge is -2.24. The van der Waals surface area contributed by atoms with E-state index in [0.29, 0.717) is 39.1 Å². The minimum absolute atomic E-state index is 0.0796. The van der Waals surface area contributed by atoms with Crippen LogP contribution in [0.5, 0.6) is 0 Å². The van der Waals surface area contributed by atoms with Gasteiger partial charge in [-0.2, -0.15) is 0 Å². The molecule has 0 spiro atoms. The zero-order chi connectivity index (χ0) is 37.1. The molecular formula is C35H66O8S6Si3. The van der Waals surface area contributed by atoms with Gasteiger partial charge in [0.2, 0.25) is 0 Å². The van der Waals surface area contributed by atoms with Gasteiger partial charge in [0, 0.05) is 52.3 Å². The topological polar surface area (TPSA) is 97.4 Å². The highest BCUT2D eigenvalue weighted by atomic mass is 33.1. The first kappa shape index (κ1) is 47.5. The Hall–Kier alpha value is 1.08. The smallest absolute Gasteiger partial charge is 0.305 e. The first-order chi connectivity index (χ1) is 25.4. The largest absolute Gasteiger partial charge is 0.466 e. The monoisotopic (exact) mass is 890 g/mol. The Balaban J connectivity index is 1.27. The Labute approximate surface area is 344 Å². The van der Waals surface area contributed by atoms with Gasteiger partial charge in [-0.25, -0.2) is 0 Å². The van der Waals surface area contributed by atoms with Gasteiger partial charge in [-0.05, 0) is 108 Å². The number of hydrogen-bond donors (Lipinski definition) is 0. The molecule has 3 rings (SSSR count). The van der Waals surface area contributed by atoms with Gasteiger partial charge in [0.05, 0.1) is 19.8 Å². The number of ether oxygens (including phenoxy) is 3. The van der Waals surface area contributed by atoms with Crippen molar-refractivity contribution < 1.29 is 36.8 Å². The second-order valence-corrected chi connectivity index (χ2v) is 30.5. The third-order valence-electron chi connectivity index (χ3n) is 9.30. The van der Waals surface area contributed by atoms with E-state index < -0.39 is 27.4 Å². The SMILES string of the molecule is C[SiH](CCCOC(=O)CCCCC1CCSS1)O[SiH](CCCOC(=O)CCCCC1CCSS1)O[SiH](C)CCCOC(=O)CCCCC1CCSS1. The van der Waals surface area contributed by atoms with Crippen LogP contribution in [-0.4, -0.2) is 98.1 Å². The molecule has 0 aromatic heterocycles. The molecule has 0 aromatic carbocycles. The number of carbonyl (C=O) groups is 3. The number of carbonyl (C=O) groups excluding carboxylic acids is 3. The van der Waals surface area contributed by atoms with E-state index in [1.165, 1.54) is 55.8 Å². The van der Waals surface area contributed by atoms with Crippen molar-refractivity contribution in [2.75, 3.05) is 37.1 Å². The highest BCUT2D eigenvalue weighted by molar-refractivity contribution is 8.78. The molecule has 3 aliphatic rings. The lowest BCUT2D eigenvalue weighted by molar-refractivity contribution is -0.144. The Morgan fingerprint density at radius 1 is 0.500 bits per heavy atom. The summed E-state index contributed by atoms with van der Waals surface area (Å²) in [6.07, 6.45) is 17.4. The van der Waals surface area contributed by atoms with Crippen LogP contribution in [0.3, 0.4) is 0 Å². The summed E-state index contributed by atoms with van der Waals surface area (Å²) in [4.78, 5) is 36.8. The van der Waals surface area contributed by atoms with E-state index in [2.05, 4.69) is 13.1 Å². The summed E-state index contributed by atoms with van der Waals surface area (Å²) in [6.45, 7) is 5.76. The van der Waals surface area contributed by atoms with Crippen molar-refractivity contribution in [2.24, 2.45) is 0 Å². The van der Waals surface area contributed by atoms with Crippen LogP contribution < -0.4 is 0 Å². The van der Waals surface area contributed by atoms with E-state index in [0.717, 1.165) is 91.7 Å². The zero-order valence-corrected chi connectivity index (χ0v) is 40.1. The standard InChI is InChI=1S/C35H66O8S6Si3/c1-50(27-9-21-39-33(36)15-6-3-12-30-18-24-44-47-30)42-52(29-11-23-41-35(38)17-8-5-14-32-20-26-46-49-32)43-51(2)28-10-22-40-34(37)16-7-4-13-31-19-25-45-48-31/h30-32,50-52H,3-29H2,1-2H3. The quantitative estimate of drug-likeness (QED) is 0.0217. The number of unbranched alkanes of at least 4 members (excludes halogenated alkanes) is 3. The number of hydrogen-bond acceptors (Lipinski definition) is 14. The van der Waals surface area contributed by atoms with Crippen LogP contribution in [0, 0.1) is 0 Å². The average molecular weight is 892 g/mol. The summed E-state index contributed by atoms with van der Waals surface area (Å²) < 4.78 is 29.9. The van der Waals surface area contributed by atoms with Crippen molar-refractivity contribution in [3.05, 3.63) is 0 Å². The minimum atomic E-state index is -1.95. The fourth-order valence-electron chi connectivity index (χ4n) is 6.21. The van der Waals surface area contributed by atoms with Gasteiger partial charge in [0.1, 0.15) is 0 Å². The van der Waals surface area contributed by atoms with Crippen LogP contribution in [0.1, 0.15) is 116 Å². The fourth-order valence-corrected chi connectivity index (χ4v) is 24.4. The number of rotatable bonds is 31. The molecule has 0 bridgehead atoms. The molecule has 302 valence electrons. The maximum Gasteiger partial charge on any atom is 0.305 e. The average Bonchev–Trinajstić information content (AvgIpc) is 3.95. The zero-order valence-electron chi connectivity index (χ0n) is 31.8. The molecule has 3 saturated heterocycles. The molecule has 0 radical (unpaired) electrons. The van der Waals surface area contributed by atoms with Crippen molar-refractivity contribution in [1.29, 1.82) is 0 Å². The van der Waals surface area contributed by atoms with E-state index in [9.17, 15) is 14.4 Å². The fraction of sp³-hybridized carbons (Fsp3) is 0.914. The second-order valence-electron chi connectivity index (χ2n) is 14.1. The molecule has 0 aromatic rings. The minimum Gasteiger partial charge on any atom is -0.466 e. The van der Waals surface area contributed by atoms with E-state index >= 15 is 0 Å². The predicted molar refractivity (Wildman–Crippen MR) is 237 cm³/mol. The van der Waals surface area contributed by atoms with Crippen LogP contribution in [0.25, 0.3) is 0 Å². The van der Waals surface area contributed by atoms with Crippen molar-refractivity contribution in [3.8, 4) is 0 Å². The Morgan fingerprint density at radius 3 is 1.17 bits per heavy atom. The molecule has 3 heterocycles. The molecular weight excluding hydrogens is 825 g/mol. The summed E-state index contributed by atoms with van der Waals surface area (Å²) in [7, 11) is 6.94. The van der Waals surface area contributed by atoms with Crippen LogP contribution in [0.15, 0.2) is 0 Å². The molecule has 52 heavy (non-hydrogen) atoms. The summed E-state index contributed by atoms with van der Waals surface area (Å²) in [6, 6.07) is 2.70. The highest BCUT2D eigenvalue weighted by Gasteiger charge is 2.22. The molecule has 0 N–H and O–H groups in total. The molecule has 5 atom stereocenters. The van der Waals surface area contributed by atoms with Gasteiger partial charge in [0.15, 0.2) is 18.1 Å². The van der Waals surface area contributed by atoms with Gasteiger partial charge >= 0.3 is 27.2 Å². The maximum atomic E-state index is 12.3. The third kappa shape index (κ3) is 24.7. The van der Waals surface area contributed by atoms with E-state index in [4.69, 9.17) is 22.4 Å². The Kier molecular flexibility index (Phi) is 28.4. The molecule has 5 unspecified atom stereocenters. The maximum absolute atomic E-state index is 12.3. The first-order valence-electron chi connectivity index (χ1n) is 20.0. The third-order valence-corrected chi connectivity index (χ3v) is 27.8. The van der Waals surface area contributed by atoms with Crippen LogP contribution in [-0.2, 0) is 36.8 Å². The summed E-state index contributed by atoms with van der Waals surface area (Å²) in [5.74, 6) is 3.51. The Bertz CT molecular complexity index is 910.